The maximum absolute atomic E-state index is 14.2. The molecule has 5 aromatic rings. The maximum atomic E-state index is 14.2. The van der Waals surface area contributed by atoms with E-state index >= 15 is 0 Å². The highest BCUT2D eigenvalue weighted by Crippen LogP contribution is 2.39. The van der Waals surface area contributed by atoms with Crippen LogP contribution in [0, 0.1) is 0 Å². The summed E-state index contributed by atoms with van der Waals surface area (Å²) < 4.78 is 1.56. The van der Waals surface area contributed by atoms with Crippen LogP contribution in [0.4, 0.5) is 5.82 Å². The van der Waals surface area contributed by atoms with Gasteiger partial charge in [-0.3, -0.25) is 14.2 Å². The lowest BCUT2D eigenvalue weighted by molar-refractivity contribution is 0.773. The molecule has 0 saturated carbocycles. The number of thioether (sulfide) groups is 1. The summed E-state index contributed by atoms with van der Waals surface area (Å²) in [4.78, 5) is 39.2. The summed E-state index contributed by atoms with van der Waals surface area (Å²) in [6.45, 7) is 8.23. The monoisotopic (exact) mass is 531 g/mol. The van der Waals surface area contributed by atoms with Crippen molar-refractivity contribution in [2.45, 2.75) is 43.4 Å². The van der Waals surface area contributed by atoms with E-state index in [1.807, 2.05) is 55.5 Å². The van der Waals surface area contributed by atoms with Crippen LogP contribution in [0.2, 0.25) is 5.02 Å². The number of para-hydroxylation sites is 1. The average Bonchev–Trinajstić information content (AvgIpc) is 2.85. The summed E-state index contributed by atoms with van der Waals surface area (Å²) >= 11 is 8.75. The van der Waals surface area contributed by atoms with Gasteiger partial charge in [-0.15, -0.1) is 11.8 Å². The fourth-order valence-corrected chi connectivity index (χ4v) is 5.93. The van der Waals surface area contributed by atoms with E-state index in [-0.39, 0.29) is 15.7 Å². The van der Waals surface area contributed by atoms with Crippen LogP contribution in [0.1, 0.15) is 39.4 Å². The van der Waals surface area contributed by atoms with E-state index in [2.05, 4.69) is 41.0 Å². The van der Waals surface area contributed by atoms with E-state index in [9.17, 15) is 9.59 Å². The molecule has 0 aliphatic carbocycles. The van der Waals surface area contributed by atoms with Crippen molar-refractivity contribution >= 4 is 51.0 Å². The van der Waals surface area contributed by atoms with Crippen LogP contribution >= 0.6 is 23.4 Å². The number of benzene rings is 2. The van der Waals surface area contributed by atoms with Gasteiger partial charge in [0.25, 0.3) is 5.56 Å². The number of anilines is 1. The first-order chi connectivity index (χ1) is 17.7. The van der Waals surface area contributed by atoms with Crippen molar-refractivity contribution in [2.75, 3.05) is 5.32 Å². The van der Waals surface area contributed by atoms with Crippen LogP contribution < -0.4 is 16.3 Å². The van der Waals surface area contributed by atoms with Crippen molar-refractivity contribution in [1.29, 1.82) is 0 Å². The Kier molecular flexibility index (Phi) is 6.56. The second kappa shape index (κ2) is 9.68. The summed E-state index contributed by atoms with van der Waals surface area (Å²) in [7, 11) is 0. The van der Waals surface area contributed by atoms with Gasteiger partial charge in [0, 0.05) is 33.0 Å². The van der Waals surface area contributed by atoms with Gasteiger partial charge in [-0.25, -0.2) is 9.97 Å². The fraction of sp³-hybridized carbons (Fsp3) is 0.214. The zero-order valence-electron chi connectivity index (χ0n) is 20.9. The van der Waals surface area contributed by atoms with Gasteiger partial charge in [-0.05, 0) is 25.1 Å². The molecule has 2 aromatic carbocycles. The SMILES string of the molecule is C[C@H](Nc1ncnc2[nH]ccc(=O)c12)c1c(Cl)c2cccc(SC(C)(C)C)c2c(=O)n1-c1ccccc1. The van der Waals surface area contributed by atoms with E-state index in [1.54, 1.807) is 22.5 Å². The molecule has 0 radical (unpaired) electrons. The number of hydrogen-bond donors (Lipinski definition) is 2. The second-order valence-corrected chi connectivity index (χ2v) is 12.0. The molecule has 5 rings (SSSR count). The summed E-state index contributed by atoms with van der Waals surface area (Å²) in [5.41, 5.74) is 1.32. The first-order valence-electron chi connectivity index (χ1n) is 11.9. The molecule has 1 atom stereocenters. The van der Waals surface area contributed by atoms with Crippen molar-refractivity contribution in [2.24, 2.45) is 0 Å². The van der Waals surface area contributed by atoms with Crippen molar-refractivity contribution in [1.82, 2.24) is 19.5 Å². The van der Waals surface area contributed by atoms with E-state index < -0.39 is 6.04 Å². The van der Waals surface area contributed by atoms with Crippen molar-refractivity contribution in [3.8, 4) is 5.69 Å². The minimum absolute atomic E-state index is 0.0978. The van der Waals surface area contributed by atoms with Crippen LogP contribution in [-0.2, 0) is 0 Å². The first-order valence-corrected chi connectivity index (χ1v) is 13.1. The summed E-state index contributed by atoms with van der Waals surface area (Å²) in [6, 6.07) is 16.1. The molecule has 2 N–H and O–H groups in total. The van der Waals surface area contributed by atoms with Gasteiger partial charge in [0.05, 0.1) is 22.1 Å². The lowest BCUT2D eigenvalue weighted by Gasteiger charge is -2.25. The molecular formula is C28H26ClN5O2S. The van der Waals surface area contributed by atoms with E-state index in [0.717, 1.165) is 4.90 Å². The molecule has 0 aliphatic heterocycles. The van der Waals surface area contributed by atoms with Gasteiger partial charge in [-0.2, -0.15) is 0 Å². The van der Waals surface area contributed by atoms with E-state index in [1.165, 1.54) is 12.4 Å². The third-order valence-corrected chi connectivity index (χ3v) is 7.46. The Labute approximate surface area is 222 Å². The largest absolute Gasteiger partial charge is 0.361 e. The van der Waals surface area contributed by atoms with Gasteiger partial charge in [0.15, 0.2) is 5.43 Å². The Morgan fingerprint density at radius 3 is 2.49 bits per heavy atom. The second-order valence-electron chi connectivity index (χ2n) is 9.72. The molecule has 0 aliphatic rings. The Balaban J connectivity index is 1.77. The average molecular weight is 532 g/mol. The molecule has 188 valence electrons. The number of fused-ring (bicyclic) bond motifs is 2. The Bertz CT molecular complexity index is 1740. The van der Waals surface area contributed by atoms with Crippen LogP contribution in [0.5, 0.6) is 0 Å². The molecule has 3 heterocycles. The molecule has 0 saturated heterocycles. The molecule has 0 spiro atoms. The summed E-state index contributed by atoms with van der Waals surface area (Å²) in [5.74, 6) is 0.361. The normalized spacial score (nSPS) is 12.7. The fourth-order valence-electron chi connectivity index (χ4n) is 4.41. The predicted octanol–water partition coefficient (Wildman–Crippen LogP) is 6.34. The maximum Gasteiger partial charge on any atom is 0.264 e. The lowest BCUT2D eigenvalue weighted by atomic mass is 10.1. The third kappa shape index (κ3) is 4.74. The van der Waals surface area contributed by atoms with Crippen LogP contribution in [0.15, 0.2) is 81.6 Å². The smallest absolute Gasteiger partial charge is 0.264 e. The van der Waals surface area contributed by atoms with Gasteiger partial charge >= 0.3 is 0 Å². The Morgan fingerprint density at radius 2 is 1.76 bits per heavy atom. The van der Waals surface area contributed by atoms with Gasteiger partial charge in [0.2, 0.25) is 0 Å². The van der Waals surface area contributed by atoms with E-state index in [0.29, 0.717) is 44.0 Å². The number of H-pyrrole nitrogens is 1. The number of hydrogen-bond acceptors (Lipinski definition) is 6. The zero-order valence-corrected chi connectivity index (χ0v) is 22.4. The zero-order chi connectivity index (χ0) is 26.3. The summed E-state index contributed by atoms with van der Waals surface area (Å²) in [6.07, 6.45) is 2.93. The van der Waals surface area contributed by atoms with Gasteiger partial charge < -0.3 is 10.3 Å². The summed E-state index contributed by atoms with van der Waals surface area (Å²) in [5, 5.41) is 5.38. The number of aromatic amines is 1. The molecular weight excluding hydrogens is 506 g/mol. The number of halogens is 1. The molecule has 9 heteroatoms. The predicted molar refractivity (Wildman–Crippen MR) is 152 cm³/mol. The molecule has 0 unspecified atom stereocenters. The van der Waals surface area contributed by atoms with Crippen LogP contribution in [-0.4, -0.2) is 24.3 Å². The van der Waals surface area contributed by atoms with Crippen molar-refractivity contribution in [3.63, 3.8) is 0 Å². The molecule has 7 nitrogen and oxygen atoms in total. The quantitative estimate of drug-likeness (QED) is 0.257. The first kappa shape index (κ1) is 25.0. The highest BCUT2D eigenvalue weighted by atomic mass is 35.5. The third-order valence-electron chi connectivity index (χ3n) is 5.89. The lowest BCUT2D eigenvalue weighted by Crippen LogP contribution is -2.27. The molecule has 0 fully saturated rings. The number of rotatable bonds is 5. The minimum atomic E-state index is -0.485. The highest BCUT2D eigenvalue weighted by molar-refractivity contribution is 8.00. The van der Waals surface area contributed by atoms with Crippen LogP contribution in [0.25, 0.3) is 27.5 Å². The number of nitrogens with one attached hydrogen (secondary N) is 2. The molecule has 37 heavy (non-hydrogen) atoms. The van der Waals surface area contributed by atoms with Gasteiger partial charge in [0.1, 0.15) is 23.2 Å². The Morgan fingerprint density at radius 1 is 1.00 bits per heavy atom. The van der Waals surface area contributed by atoms with Crippen molar-refractivity contribution < 1.29 is 0 Å². The van der Waals surface area contributed by atoms with Gasteiger partial charge in [-0.1, -0.05) is 62.7 Å². The molecule has 0 amide bonds. The Hall–Kier alpha value is -3.62. The van der Waals surface area contributed by atoms with E-state index in [4.69, 9.17) is 11.6 Å². The minimum Gasteiger partial charge on any atom is -0.361 e. The molecule has 3 aromatic heterocycles. The highest BCUT2D eigenvalue weighted by Gasteiger charge is 2.25. The number of nitrogens with zero attached hydrogens (tertiary/aromatic N) is 3. The number of aromatic nitrogens is 4. The topological polar surface area (TPSA) is 92.7 Å². The number of pyridine rings is 2. The standard InChI is InChI=1S/C28H26ClN5O2S/c1-16(33-26-22-19(35)13-14-30-25(22)31-15-32-26)24-23(29)18-11-8-12-20(37-28(2,3)4)21(18)27(36)34(24)17-9-6-5-7-10-17/h5-16H,1-4H3,(H2,30,31,32,33,35)/t16-/m0/s1. The van der Waals surface area contributed by atoms with Crippen LogP contribution in [0.3, 0.4) is 0 Å². The van der Waals surface area contributed by atoms with Crippen molar-refractivity contribution in [3.05, 3.63) is 98.4 Å². The molecule has 0 bridgehead atoms.